The third kappa shape index (κ3) is 3.79. The second-order valence-electron chi connectivity index (χ2n) is 8.22. The van der Waals surface area contributed by atoms with Crippen molar-refractivity contribution in [3.05, 3.63) is 39.4 Å². The van der Waals surface area contributed by atoms with Crippen LogP contribution < -0.4 is 0 Å². The van der Waals surface area contributed by atoms with Crippen molar-refractivity contribution in [2.45, 2.75) is 63.8 Å². The molecule has 6 heteroatoms. The van der Waals surface area contributed by atoms with Crippen LogP contribution in [0.3, 0.4) is 0 Å². The van der Waals surface area contributed by atoms with E-state index in [1.165, 1.54) is 80.7 Å². The zero-order valence-electron chi connectivity index (χ0n) is 16.2. The maximum atomic E-state index is 5.10. The quantitative estimate of drug-likeness (QED) is 0.462. The van der Waals surface area contributed by atoms with E-state index in [1.54, 1.807) is 0 Å². The monoisotopic (exact) mass is 458 g/mol. The van der Waals surface area contributed by atoms with Crippen LogP contribution in [0.25, 0.3) is 16.2 Å². The second kappa shape index (κ2) is 8.25. The first-order valence-electron chi connectivity index (χ1n) is 10.6. The molecule has 1 aromatic carbocycles. The highest BCUT2D eigenvalue weighted by atomic mass is 79.9. The van der Waals surface area contributed by atoms with Crippen molar-refractivity contribution in [2.75, 3.05) is 13.1 Å². The molecule has 0 amide bonds. The van der Waals surface area contributed by atoms with Gasteiger partial charge in [0.15, 0.2) is 0 Å². The summed E-state index contributed by atoms with van der Waals surface area (Å²) in [4.78, 5) is 8.71. The van der Waals surface area contributed by atoms with E-state index in [2.05, 4.69) is 49.6 Å². The molecule has 2 aliphatic rings. The summed E-state index contributed by atoms with van der Waals surface area (Å²) in [6.45, 7) is 3.32. The number of benzene rings is 1. The Morgan fingerprint density at radius 2 is 1.68 bits per heavy atom. The number of aromatic nitrogens is 3. The molecule has 0 N–H and O–H groups in total. The van der Waals surface area contributed by atoms with Gasteiger partial charge in [-0.1, -0.05) is 65.1 Å². The lowest BCUT2D eigenvalue weighted by Gasteiger charge is -2.26. The number of halogens is 1. The first-order chi connectivity index (χ1) is 13.8. The van der Waals surface area contributed by atoms with Crippen molar-refractivity contribution in [2.24, 2.45) is 0 Å². The zero-order valence-corrected chi connectivity index (χ0v) is 18.6. The highest BCUT2D eigenvalue weighted by molar-refractivity contribution is 9.10. The van der Waals surface area contributed by atoms with Crippen molar-refractivity contribution >= 4 is 32.2 Å². The summed E-state index contributed by atoms with van der Waals surface area (Å²) in [7, 11) is 0. The lowest BCUT2D eigenvalue weighted by Crippen LogP contribution is -2.29. The number of hydrogen-bond acceptors (Lipinski definition) is 4. The first kappa shape index (κ1) is 18.8. The second-order valence-corrected chi connectivity index (χ2v) is 10.1. The Kier molecular flexibility index (Phi) is 5.53. The summed E-state index contributed by atoms with van der Waals surface area (Å²) >= 11 is 5.36. The third-order valence-corrected chi connectivity index (χ3v) is 7.81. The Morgan fingerprint density at radius 1 is 0.964 bits per heavy atom. The van der Waals surface area contributed by atoms with E-state index in [4.69, 9.17) is 10.1 Å². The molecule has 0 spiro atoms. The van der Waals surface area contributed by atoms with Gasteiger partial charge in [0.05, 0.1) is 11.4 Å². The number of likely N-dealkylation sites (tertiary alicyclic amines) is 1. The van der Waals surface area contributed by atoms with Gasteiger partial charge in [-0.2, -0.15) is 5.10 Å². The molecule has 0 atom stereocenters. The molecule has 3 aromatic rings. The van der Waals surface area contributed by atoms with Crippen molar-refractivity contribution in [3.8, 4) is 11.3 Å². The molecule has 0 bridgehead atoms. The molecule has 2 fully saturated rings. The first-order valence-corrected chi connectivity index (χ1v) is 12.3. The van der Waals surface area contributed by atoms with Crippen LogP contribution in [0, 0.1) is 0 Å². The average molecular weight is 459 g/mol. The van der Waals surface area contributed by atoms with Crippen LogP contribution in [-0.2, 0) is 6.54 Å². The van der Waals surface area contributed by atoms with E-state index in [0.29, 0.717) is 5.92 Å². The minimum atomic E-state index is 0.638. The largest absolute Gasteiger partial charge is 0.297 e. The molecule has 1 saturated carbocycles. The predicted molar refractivity (Wildman–Crippen MR) is 119 cm³/mol. The molecular formula is C22H27BrN4S. The highest BCUT2D eigenvalue weighted by Gasteiger charge is 2.24. The maximum absolute atomic E-state index is 5.10. The summed E-state index contributed by atoms with van der Waals surface area (Å²) in [6.07, 6.45) is 10.6. The molecule has 0 radical (unpaired) electrons. The Hall–Kier alpha value is -1.24. The van der Waals surface area contributed by atoms with Gasteiger partial charge in [-0.05, 0) is 50.9 Å². The van der Waals surface area contributed by atoms with Crippen molar-refractivity contribution < 1.29 is 0 Å². The minimum absolute atomic E-state index is 0.638. The summed E-state index contributed by atoms with van der Waals surface area (Å²) < 4.78 is 3.27. The van der Waals surface area contributed by atoms with Gasteiger partial charge in [0.2, 0.25) is 4.96 Å². The smallest absolute Gasteiger partial charge is 0.213 e. The van der Waals surface area contributed by atoms with Crippen LogP contribution in [-0.4, -0.2) is 32.6 Å². The number of rotatable bonds is 4. The van der Waals surface area contributed by atoms with Crippen LogP contribution in [0.1, 0.15) is 68.0 Å². The third-order valence-electron chi connectivity index (χ3n) is 6.21. The van der Waals surface area contributed by atoms with Crippen LogP contribution in [0.5, 0.6) is 0 Å². The molecule has 1 aliphatic heterocycles. The molecule has 2 aromatic heterocycles. The van der Waals surface area contributed by atoms with E-state index in [1.807, 2.05) is 11.3 Å². The van der Waals surface area contributed by atoms with Gasteiger partial charge < -0.3 is 0 Å². The average Bonchev–Trinajstić information content (AvgIpc) is 3.30. The summed E-state index contributed by atoms with van der Waals surface area (Å²) in [5.74, 6) is 0.638. The molecule has 1 aliphatic carbocycles. The Morgan fingerprint density at radius 3 is 2.43 bits per heavy atom. The summed E-state index contributed by atoms with van der Waals surface area (Å²) in [5, 5.41) is 6.40. The van der Waals surface area contributed by atoms with Crippen molar-refractivity contribution in [3.63, 3.8) is 0 Å². The van der Waals surface area contributed by atoms with Crippen LogP contribution in [0.4, 0.5) is 0 Å². The summed E-state index contributed by atoms with van der Waals surface area (Å²) in [5.41, 5.74) is 3.55. The van der Waals surface area contributed by atoms with Crippen molar-refractivity contribution in [1.82, 2.24) is 19.5 Å². The van der Waals surface area contributed by atoms with Gasteiger partial charge in [-0.3, -0.25) is 4.90 Å². The van der Waals surface area contributed by atoms with E-state index < -0.39 is 0 Å². The zero-order chi connectivity index (χ0) is 18.9. The fourth-order valence-electron chi connectivity index (χ4n) is 4.63. The molecule has 0 unspecified atom stereocenters. The van der Waals surface area contributed by atoms with Gasteiger partial charge in [-0.25, -0.2) is 9.50 Å². The van der Waals surface area contributed by atoms with Gasteiger partial charge in [-0.15, -0.1) is 0 Å². The van der Waals surface area contributed by atoms with E-state index >= 15 is 0 Å². The lowest BCUT2D eigenvalue weighted by atomic mass is 9.90. The molecule has 28 heavy (non-hydrogen) atoms. The number of imidazole rings is 1. The number of nitrogens with zero attached hydrogens (tertiary/aromatic N) is 4. The highest BCUT2D eigenvalue weighted by Crippen LogP contribution is 2.37. The number of hydrogen-bond donors (Lipinski definition) is 0. The molecule has 148 valence electrons. The minimum Gasteiger partial charge on any atom is -0.297 e. The molecule has 3 heterocycles. The van der Waals surface area contributed by atoms with E-state index in [-0.39, 0.29) is 0 Å². The van der Waals surface area contributed by atoms with Crippen LogP contribution in [0.2, 0.25) is 0 Å². The van der Waals surface area contributed by atoms with Gasteiger partial charge in [0, 0.05) is 22.5 Å². The summed E-state index contributed by atoms with van der Waals surface area (Å²) in [6, 6.07) is 8.54. The Bertz CT molecular complexity index is 934. The standard InChI is InChI=1S/C22H27BrN4S/c23-18-11-9-16(10-12-18)20-19(15-26-13-5-2-6-14-26)27-22(24-20)28-21(25-27)17-7-3-1-4-8-17/h9-12,17H,1-8,13-15H2. The fraction of sp³-hybridized carbons (Fsp3) is 0.545. The Balaban J connectivity index is 1.54. The maximum Gasteiger partial charge on any atom is 0.213 e. The van der Waals surface area contributed by atoms with Crippen molar-refractivity contribution in [1.29, 1.82) is 0 Å². The lowest BCUT2D eigenvalue weighted by molar-refractivity contribution is 0.217. The number of fused-ring (bicyclic) bond motifs is 1. The Labute approximate surface area is 179 Å². The molecular weight excluding hydrogens is 432 g/mol. The fourth-order valence-corrected chi connectivity index (χ4v) is 5.98. The van der Waals surface area contributed by atoms with E-state index in [0.717, 1.165) is 21.7 Å². The molecule has 5 rings (SSSR count). The predicted octanol–water partition coefficient (Wildman–Crippen LogP) is 6.25. The SMILES string of the molecule is Brc1ccc(-c2nc3sc(C4CCCCC4)nn3c2CN2CCCCC2)cc1. The van der Waals surface area contributed by atoms with E-state index in [9.17, 15) is 0 Å². The van der Waals surface area contributed by atoms with Crippen LogP contribution in [0.15, 0.2) is 28.7 Å². The number of piperidine rings is 1. The van der Waals surface area contributed by atoms with Gasteiger partial charge >= 0.3 is 0 Å². The topological polar surface area (TPSA) is 33.4 Å². The van der Waals surface area contributed by atoms with Gasteiger partial charge in [0.1, 0.15) is 5.01 Å². The van der Waals surface area contributed by atoms with Crippen LogP contribution >= 0.6 is 27.3 Å². The molecule has 1 saturated heterocycles. The normalized spacial score (nSPS) is 19.5. The molecule has 4 nitrogen and oxygen atoms in total. The van der Waals surface area contributed by atoms with Gasteiger partial charge in [0.25, 0.3) is 0 Å².